The molecule has 3 rings (SSSR count). The van der Waals surface area contributed by atoms with E-state index in [0.29, 0.717) is 13.1 Å². The first-order valence-electron chi connectivity index (χ1n) is 6.17. The van der Waals surface area contributed by atoms with Crippen LogP contribution < -0.4 is 5.32 Å². The fraction of sp³-hybridized carbons (Fsp3) is 0.800. The van der Waals surface area contributed by atoms with Gasteiger partial charge in [-0.2, -0.15) is 4.31 Å². The third-order valence-electron chi connectivity index (χ3n) is 3.58. The quantitative estimate of drug-likeness (QED) is 0.783. The lowest BCUT2D eigenvalue weighted by Crippen LogP contribution is -2.34. The summed E-state index contributed by atoms with van der Waals surface area (Å²) in [6.07, 6.45) is 2.98. The Kier molecular flexibility index (Phi) is 2.87. The van der Waals surface area contributed by atoms with Gasteiger partial charge in [0.05, 0.1) is 18.8 Å². The maximum atomic E-state index is 11.8. The van der Waals surface area contributed by atoms with Crippen molar-refractivity contribution < 1.29 is 8.42 Å². The molecule has 8 heteroatoms. The Bertz CT molecular complexity index is 553. The van der Waals surface area contributed by atoms with E-state index in [-0.39, 0.29) is 6.04 Å². The third kappa shape index (κ3) is 1.94. The van der Waals surface area contributed by atoms with E-state index in [2.05, 4.69) is 20.1 Å². The molecule has 1 saturated heterocycles. The molecule has 0 amide bonds. The Morgan fingerprint density at radius 3 is 2.94 bits per heavy atom. The molecule has 1 aromatic heterocycles. The molecule has 18 heavy (non-hydrogen) atoms. The molecule has 1 N–H and O–H groups in total. The predicted molar refractivity (Wildman–Crippen MR) is 65.3 cm³/mol. The van der Waals surface area contributed by atoms with Crippen molar-refractivity contribution in [3.05, 3.63) is 11.6 Å². The first kappa shape index (κ1) is 12.1. The third-order valence-corrected chi connectivity index (χ3v) is 4.87. The molecule has 1 atom stereocenters. The summed E-state index contributed by atoms with van der Waals surface area (Å²) in [5.41, 5.74) is 0. The molecule has 3 heterocycles. The van der Waals surface area contributed by atoms with Crippen molar-refractivity contribution in [3.8, 4) is 0 Å². The van der Waals surface area contributed by atoms with Gasteiger partial charge in [0.25, 0.3) is 0 Å². The van der Waals surface area contributed by atoms with Crippen LogP contribution in [0.5, 0.6) is 0 Å². The van der Waals surface area contributed by atoms with Crippen LogP contribution in [-0.2, 0) is 23.1 Å². The van der Waals surface area contributed by atoms with E-state index in [9.17, 15) is 8.42 Å². The zero-order valence-corrected chi connectivity index (χ0v) is 11.2. The predicted octanol–water partition coefficient (Wildman–Crippen LogP) is -0.522. The summed E-state index contributed by atoms with van der Waals surface area (Å²) in [4.78, 5) is 0. The lowest BCUT2D eigenvalue weighted by atomic mass is 10.2. The van der Waals surface area contributed by atoms with Gasteiger partial charge in [-0.1, -0.05) is 0 Å². The van der Waals surface area contributed by atoms with Crippen molar-refractivity contribution in [2.75, 3.05) is 19.3 Å². The minimum absolute atomic E-state index is 0.139. The van der Waals surface area contributed by atoms with Crippen molar-refractivity contribution in [2.45, 2.75) is 32.0 Å². The summed E-state index contributed by atoms with van der Waals surface area (Å²) in [5.74, 6) is 1.70. The number of hydrogen-bond donors (Lipinski definition) is 1. The molecule has 0 spiro atoms. The zero-order valence-electron chi connectivity index (χ0n) is 10.3. The first-order valence-corrected chi connectivity index (χ1v) is 8.02. The average molecular weight is 271 g/mol. The van der Waals surface area contributed by atoms with E-state index in [1.807, 2.05) is 0 Å². The Balaban J connectivity index is 1.97. The van der Waals surface area contributed by atoms with Gasteiger partial charge in [-0.15, -0.1) is 10.2 Å². The molecule has 0 aromatic carbocycles. The van der Waals surface area contributed by atoms with Gasteiger partial charge in [0.1, 0.15) is 5.82 Å². The highest BCUT2D eigenvalue weighted by Crippen LogP contribution is 2.33. The number of rotatable bonds is 2. The molecule has 2 aliphatic rings. The van der Waals surface area contributed by atoms with Gasteiger partial charge in [0.2, 0.25) is 10.0 Å². The zero-order chi connectivity index (χ0) is 12.8. The van der Waals surface area contributed by atoms with Crippen LogP contribution in [0, 0.1) is 0 Å². The van der Waals surface area contributed by atoms with E-state index in [4.69, 9.17) is 0 Å². The van der Waals surface area contributed by atoms with Gasteiger partial charge in [-0.05, 0) is 12.8 Å². The number of hydrogen-bond acceptors (Lipinski definition) is 5. The minimum Gasteiger partial charge on any atom is -0.311 e. The van der Waals surface area contributed by atoms with Crippen LogP contribution in [0.3, 0.4) is 0 Å². The topological polar surface area (TPSA) is 80.1 Å². The lowest BCUT2D eigenvalue weighted by molar-refractivity contribution is 0.367. The second-order valence-electron chi connectivity index (χ2n) is 4.83. The highest BCUT2D eigenvalue weighted by atomic mass is 32.2. The van der Waals surface area contributed by atoms with E-state index >= 15 is 0 Å². The van der Waals surface area contributed by atoms with Crippen molar-refractivity contribution in [3.63, 3.8) is 0 Å². The standard InChI is InChI=1S/C10H17N5O2S/c1-18(16,17)15-5-2-3-8(15)10-13-12-9-7-11-4-6-14(9)10/h8,11H,2-7H2,1H3. The van der Waals surface area contributed by atoms with Crippen LogP contribution in [0.15, 0.2) is 0 Å². The largest absolute Gasteiger partial charge is 0.311 e. The van der Waals surface area contributed by atoms with Crippen LogP contribution in [0.4, 0.5) is 0 Å². The number of sulfonamides is 1. The summed E-state index contributed by atoms with van der Waals surface area (Å²) < 4.78 is 27.1. The monoisotopic (exact) mass is 271 g/mol. The van der Waals surface area contributed by atoms with Crippen molar-refractivity contribution in [1.82, 2.24) is 24.4 Å². The number of nitrogens with one attached hydrogen (secondary N) is 1. The molecular formula is C10H17N5O2S. The second-order valence-corrected chi connectivity index (χ2v) is 6.77. The maximum absolute atomic E-state index is 11.8. The van der Waals surface area contributed by atoms with E-state index in [1.54, 1.807) is 4.31 Å². The molecular weight excluding hydrogens is 254 g/mol. The van der Waals surface area contributed by atoms with Crippen molar-refractivity contribution in [2.24, 2.45) is 0 Å². The molecule has 1 fully saturated rings. The normalized spacial score (nSPS) is 25.3. The molecule has 0 radical (unpaired) electrons. The highest BCUT2D eigenvalue weighted by Gasteiger charge is 2.36. The fourth-order valence-electron chi connectivity index (χ4n) is 2.76. The molecule has 0 aliphatic carbocycles. The fourth-order valence-corrected chi connectivity index (χ4v) is 3.88. The number of nitrogens with zero attached hydrogens (tertiary/aromatic N) is 4. The minimum atomic E-state index is -3.17. The van der Waals surface area contributed by atoms with E-state index in [0.717, 1.165) is 37.6 Å². The highest BCUT2D eigenvalue weighted by molar-refractivity contribution is 7.88. The van der Waals surface area contributed by atoms with E-state index in [1.165, 1.54) is 6.26 Å². The lowest BCUT2D eigenvalue weighted by Gasteiger charge is -2.23. The van der Waals surface area contributed by atoms with Gasteiger partial charge < -0.3 is 9.88 Å². The van der Waals surface area contributed by atoms with Crippen LogP contribution in [0.25, 0.3) is 0 Å². The molecule has 100 valence electrons. The Hall–Kier alpha value is -0.990. The summed E-state index contributed by atoms with van der Waals surface area (Å²) in [6, 6.07) is -0.139. The van der Waals surface area contributed by atoms with Crippen molar-refractivity contribution in [1.29, 1.82) is 0 Å². The number of aromatic nitrogens is 3. The van der Waals surface area contributed by atoms with Crippen LogP contribution in [-0.4, -0.2) is 46.8 Å². The van der Waals surface area contributed by atoms with Gasteiger partial charge in [-0.25, -0.2) is 8.42 Å². The maximum Gasteiger partial charge on any atom is 0.211 e. The first-order chi connectivity index (χ1) is 8.57. The summed E-state index contributed by atoms with van der Waals surface area (Å²) >= 11 is 0. The second kappa shape index (κ2) is 4.29. The van der Waals surface area contributed by atoms with Gasteiger partial charge in [0, 0.05) is 19.6 Å². The van der Waals surface area contributed by atoms with Crippen molar-refractivity contribution >= 4 is 10.0 Å². The summed E-state index contributed by atoms with van der Waals surface area (Å²) in [7, 11) is -3.17. The summed E-state index contributed by atoms with van der Waals surface area (Å²) in [5, 5.41) is 11.6. The smallest absolute Gasteiger partial charge is 0.211 e. The molecule has 1 aromatic rings. The van der Waals surface area contributed by atoms with Gasteiger partial charge in [-0.3, -0.25) is 0 Å². The molecule has 0 bridgehead atoms. The van der Waals surface area contributed by atoms with E-state index < -0.39 is 10.0 Å². The molecule has 1 unspecified atom stereocenters. The van der Waals surface area contributed by atoms with Crippen LogP contribution in [0.1, 0.15) is 30.5 Å². The molecule has 2 aliphatic heterocycles. The molecule has 0 saturated carbocycles. The summed E-state index contributed by atoms with van der Waals surface area (Å²) in [6.45, 7) is 2.98. The SMILES string of the molecule is CS(=O)(=O)N1CCCC1c1nnc2n1CCNC2. The van der Waals surface area contributed by atoms with Gasteiger partial charge >= 0.3 is 0 Å². The van der Waals surface area contributed by atoms with Crippen LogP contribution >= 0.6 is 0 Å². The average Bonchev–Trinajstić information content (AvgIpc) is 2.93. The van der Waals surface area contributed by atoms with Gasteiger partial charge in [0.15, 0.2) is 5.82 Å². The van der Waals surface area contributed by atoms with Crippen LogP contribution in [0.2, 0.25) is 0 Å². The Morgan fingerprint density at radius 1 is 1.33 bits per heavy atom. The Morgan fingerprint density at radius 2 is 2.17 bits per heavy atom. The Labute approximate surface area is 106 Å². The molecule has 7 nitrogen and oxygen atoms in total. The number of fused-ring (bicyclic) bond motifs is 1.